The quantitative estimate of drug-likeness (QED) is 0.279. The number of aliphatic hydroxyl groups is 1. The van der Waals surface area contributed by atoms with Gasteiger partial charge in [-0.05, 0) is 48.5 Å². The number of rotatable bonds is 3. The number of esters is 1. The molecule has 0 saturated carbocycles. The van der Waals surface area contributed by atoms with Gasteiger partial charge < -0.3 is 28.5 Å². The number of para-hydroxylation sites is 6. The Hall–Kier alpha value is -5.15. The summed E-state index contributed by atoms with van der Waals surface area (Å²) in [6, 6.07) is 31.7. The molecule has 4 heterocycles. The molecule has 2 aliphatic rings. The van der Waals surface area contributed by atoms with Crippen molar-refractivity contribution >= 4 is 28.0 Å². The van der Waals surface area contributed by atoms with E-state index in [4.69, 9.17) is 24.2 Å². The Kier molecular flexibility index (Phi) is 7.00. The summed E-state index contributed by atoms with van der Waals surface area (Å²) in [4.78, 5) is 20.6. The SMILES string of the molecule is CC(=O)OCC1Cn2c(nc3ccccc32)-c2ccccc2O1.OCC1Cn2c(nc3ccccc32)-c2ccccc2O1. The van der Waals surface area contributed by atoms with Crippen molar-refractivity contribution in [3.63, 3.8) is 0 Å². The van der Waals surface area contributed by atoms with E-state index in [1.807, 2.05) is 97.1 Å². The van der Waals surface area contributed by atoms with Crippen molar-refractivity contribution in [1.29, 1.82) is 0 Å². The molecule has 9 nitrogen and oxygen atoms in total. The van der Waals surface area contributed by atoms with E-state index in [0.717, 1.165) is 56.3 Å². The van der Waals surface area contributed by atoms with Gasteiger partial charge in [-0.1, -0.05) is 48.5 Å². The fraction of sp³-hybridized carbons (Fsp3) is 0.206. The number of fused-ring (bicyclic) bond motifs is 10. The van der Waals surface area contributed by atoms with Crippen LogP contribution in [0.4, 0.5) is 0 Å². The molecular formula is C34H30N4O5. The zero-order valence-corrected chi connectivity index (χ0v) is 23.6. The average molecular weight is 575 g/mol. The van der Waals surface area contributed by atoms with Crippen LogP contribution in [0.1, 0.15) is 6.92 Å². The number of benzene rings is 4. The highest BCUT2D eigenvalue weighted by atomic mass is 16.6. The molecule has 1 N–H and O–H groups in total. The summed E-state index contributed by atoms with van der Waals surface area (Å²) in [6.07, 6.45) is -0.506. The van der Waals surface area contributed by atoms with E-state index in [1.165, 1.54) is 6.92 Å². The number of ether oxygens (including phenoxy) is 3. The van der Waals surface area contributed by atoms with Crippen LogP contribution in [-0.4, -0.2) is 55.6 Å². The van der Waals surface area contributed by atoms with Gasteiger partial charge in [0.25, 0.3) is 0 Å². The van der Waals surface area contributed by atoms with Gasteiger partial charge in [-0.3, -0.25) is 4.79 Å². The minimum atomic E-state index is -0.304. The van der Waals surface area contributed by atoms with E-state index < -0.39 is 0 Å². The molecule has 8 rings (SSSR count). The summed E-state index contributed by atoms with van der Waals surface area (Å²) in [5, 5.41) is 9.52. The van der Waals surface area contributed by atoms with Crippen molar-refractivity contribution < 1.29 is 24.1 Å². The maximum Gasteiger partial charge on any atom is 0.302 e. The molecule has 0 spiro atoms. The highest BCUT2D eigenvalue weighted by Crippen LogP contribution is 2.36. The Balaban J connectivity index is 0.000000141. The van der Waals surface area contributed by atoms with Crippen molar-refractivity contribution in [1.82, 2.24) is 19.1 Å². The lowest BCUT2D eigenvalue weighted by Gasteiger charge is -2.17. The monoisotopic (exact) mass is 574 g/mol. The molecule has 2 atom stereocenters. The van der Waals surface area contributed by atoms with Crippen LogP contribution in [0, 0.1) is 0 Å². The van der Waals surface area contributed by atoms with Crippen LogP contribution in [0.3, 0.4) is 0 Å². The third kappa shape index (κ3) is 5.08. The zero-order chi connectivity index (χ0) is 29.3. The number of carbonyl (C=O) groups excluding carboxylic acids is 1. The lowest BCUT2D eigenvalue weighted by atomic mass is 10.2. The van der Waals surface area contributed by atoms with Gasteiger partial charge in [0.15, 0.2) is 6.10 Å². The molecule has 6 aromatic rings. The molecule has 2 aromatic heterocycles. The van der Waals surface area contributed by atoms with Crippen LogP contribution in [0.15, 0.2) is 97.1 Å². The number of aromatic nitrogens is 4. The molecule has 216 valence electrons. The molecule has 2 aliphatic heterocycles. The number of hydrogen-bond acceptors (Lipinski definition) is 7. The third-order valence-electron chi connectivity index (χ3n) is 7.60. The van der Waals surface area contributed by atoms with E-state index in [-0.39, 0.29) is 31.4 Å². The first-order valence-electron chi connectivity index (χ1n) is 14.3. The van der Waals surface area contributed by atoms with Crippen molar-refractivity contribution in [2.45, 2.75) is 32.2 Å². The first kappa shape index (κ1) is 26.7. The van der Waals surface area contributed by atoms with E-state index in [1.54, 1.807) is 0 Å². The Morgan fingerprint density at radius 3 is 1.74 bits per heavy atom. The maximum absolute atomic E-state index is 11.1. The average Bonchev–Trinajstić information content (AvgIpc) is 3.47. The van der Waals surface area contributed by atoms with Crippen molar-refractivity contribution in [3.8, 4) is 34.3 Å². The third-order valence-corrected chi connectivity index (χ3v) is 7.60. The molecule has 9 heteroatoms. The van der Waals surface area contributed by atoms with Crippen LogP contribution in [0.5, 0.6) is 11.5 Å². The molecule has 0 radical (unpaired) electrons. The highest BCUT2D eigenvalue weighted by Gasteiger charge is 2.26. The first-order chi connectivity index (χ1) is 21.1. The summed E-state index contributed by atoms with van der Waals surface area (Å²) in [7, 11) is 0. The van der Waals surface area contributed by atoms with Crippen molar-refractivity contribution in [2.24, 2.45) is 0 Å². The summed E-state index contributed by atoms with van der Waals surface area (Å²) < 4.78 is 21.4. The molecule has 4 aromatic carbocycles. The fourth-order valence-electron chi connectivity index (χ4n) is 5.67. The van der Waals surface area contributed by atoms with Crippen LogP contribution in [0.2, 0.25) is 0 Å². The summed E-state index contributed by atoms with van der Waals surface area (Å²) >= 11 is 0. The standard InChI is InChI=1S/C18H16N2O3.C16H14N2O2/c1-12(21)22-11-13-10-20-16-8-4-3-7-15(16)19-18(20)14-6-2-5-9-17(14)23-13;19-10-11-9-18-14-7-3-2-6-13(14)17-16(18)12-5-1-4-8-15(12)20-11/h2-9,13H,10-11H2,1H3;1-8,11,19H,9-10H2. The Bertz CT molecular complexity index is 1940. The molecule has 2 unspecified atom stereocenters. The minimum absolute atomic E-state index is 0.0136. The molecular weight excluding hydrogens is 544 g/mol. The number of aliphatic hydroxyl groups excluding tert-OH is 1. The highest BCUT2D eigenvalue weighted by molar-refractivity contribution is 5.83. The molecule has 0 saturated heterocycles. The molecule has 0 aliphatic carbocycles. The second kappa shape index (κ2) is 11.3. The second-order valence-corrected chi connectivity index (χ2v) is 10.5. The lowest BCUT2D eigenvalue weighted by Crippen LogP contribution is -2.28. The van der Waals surface area contributed by atoms with E-state index in [0.29, 0.717) is 13.1 Å². The number of imidazole rings is 2. The molecule has 0 amide bonds. The predicted molar refractivity (Wildman–Crippen MR) is 163 cm³/mol. The Morgan fingerprint density at radius 2 is 1.21 bits per heavy atom. The lowest BCUT2D eigenvalue weighted by molar-refractivity contribution is -0.143. The van der Waals surface area contributed by atoms with Crippen molar-refractivity contribution in [3.05, 3.63) is 97.1 Å². The van der Waals surface area contributed by atoms with Crippen molar-refractivity contribution in [2.75, 3.05) is 13.2 Å². The van der Waals surface area contributed by atoms with Gasteiger partial charge in [0.2, 0.25) is 0 Å². The molecule has 0 bridgehead atoms. The summed E-state index contributed by atoms with van der Waals surface area (Å²) in [6.45, 7) is 2.79. The summed E-state index contributed by atoms with van der Waals surface area (Å²) in [5.41, 5.74) is 5.96. The van der Waals surface area contributed by atoms with Crippen LogP contribution in [-0.2, 0) is 22.6 Å². The Labute approximate surface area is 247 Å². The summed E-state index contributed by atoms with van der Waals surface area (Å²) in [5.74, 6) is 3.02. The number of carbonyl (C=O) groups is 1. The van der Waals surface area contributed by atoms with Crippen LogP contribution >= 0.6 is 0 Å². The van der Waals surface area contributed by atoms with Gasteiger partial charge in [-0.15, -0.1) is 0 Å². The first-order valence-corrected chi connectivity index (χ1v) is 14.3. The van der Waals surface area contributed by atoms with Gasteiger partial charge in [-0.25, -0.2) is 9.97 Å². The van der Waals surface area contributed by atoms with Gasteiger partial charge in [0, 0.05) is 6.92 Å². The van der Waals surface area contributed by atoms with Crippen LogP contribution in [0.25, 0.3) is 44.8 Å². The van der Waals surface area contributed by atoms with Gasteiger partial charge in [0.05, 0.1) is 52.9 Å². The van der Waals surface area contributed by atoms with Crippen LogP contribution < -0.4 is 9.47 Å². The molecule has 43 heavy (non-hydrogen) atoms. The van der Waals surface area contributed by atoms with E-state index >= 15 is 0 Å². The normalized spacial score (nSPS) is 16.6. The Morgan fingerprint density at radius 1 is 0.744 bits per heavy atom. The smallest absolute Gasteiger partial charge is 0.302 e. The van der Waals surface area contributed by atoms with Gasteiger partial charge >= 0.3 is 5.97 Å². The maximum atomic E-state index is 11.1. The van der Waals surface area contributed by atoms with Gasteiger partial charge in [-0.2, -0.15) is 0 Å². The number of nitrogens with zero attached hydrogens (tertiary/aromatic N) is 4. The van der Waals surface area contributed by atoms with Gasteiger partial charge in [0.1, 0.15) is 35.9 Å². The second-order valence-electron chi connectivity index (χ2n) is 10.5. The minimum Gasteiger partial charge on any atom is -0.485 e. The fourth-order valence-corrected chi connectivity index (χ4v) is 5.67. The molecule has 0 fully saturated rings. The number of hydrogen-bond donors (Lipinski definition) is 1. The topological polar surface area (TPSA) is 101 Å². The zero-order valence-electron chi connectivity index (χ0n) is 23.6. The predicted octanol–water partition coefficient (Wildman–Crippen LogP) is 5.48. The van der Waals surface area contributed by atoms with E-state index in [9.17, 15) is 9.90 Å². The largest absolute Gasteiger partial charge is 0.485 e. The van der Waals surface area contributed by atoms with E-state index in [2.05, 4.69) is 9.13 Å².